The fourth-order valence-electron chi connectivity index (χ4n) is 4.27. The van der Waals surface area contributed by atoms with Gasteiger partial charge in [0.15, 0.2) is 5.76 Å². The molecular formula is C27H25NO4. The number of aryl methyl sites for hydroxylation is 1. The predicted octanol–water partition coefficient (Wildman–Crippen LogP) is 4.82. The van der Waals surface area contributed by atoms with Crippen molar-refractivity contribution < 1.29 is 19.4 Å². The first-order valence-corrected chi connectivity index (χ1v) is 10.9. The smallest absolute Gasteiger partial charge is 0.232 e. The average Bonchev–Trinajstić information content (AvgIpc) is 3.14. The number of hydrogen-bond acceptors (Lipinski definition) is 5. The summed E-state index contributed by atoms with van der Waals surface area (Å²) in [7, 11) is 0. The minimum absolute atomic E-state index is 0.145. The van der Waals surface area contributed by atoms with Crippen LogP contribution in [0, 0.1) is 6.92 Å². The van der Waals surface area contributed by atoms with Gasteiger partial charge in [-0.3, -0.25) is 9.69 Å². The van der Waals surface area contributed by atoms with Gasteiger partial charge in [-0.05, 0) is 41.3 Å². The van der Waals surface area contributed by atoms with Crippen LogP contribution in [0.3, 0.4) is 0 Å². The summed E-state index contributed by atoms with van der Waals surface area (Å²) in [5, 5.41) is 10.6. The first kappa shape index (κ1) is 20.5. The van der Waals surface area contributed by atoms with Crippen molar-refractivity contribution in [1.29, 1.82) is 0 Å². The van der Waals surface area contributed by atoms with Crippen LogP contribution in [0.2, 0.25) is 0 Å². The maximum Gasteiger partial charge on any atom is 0.232 e. The number of rotatable bonds is 4. The molecule has 0 aliphatic carbocycles. The van der Waals surface area contributed by atoms with E-state index < -0.39 is 0 Å². The predicted molar refractivity (Wildman–Crippen MR) is 124 cm³/mol. The number of benzene rings is 3. The topological polar surface area (TPSA) is 59.0 Å². The molecular weight excluding hydrogens is 402 g/mol. The third-order valence-corrected chi connectivity index (χ3v) is 6.02. The number of carbonyl (C=O) groups excluding carboxylic acids is 1. The van der Waals surface area contributed by atoms with Crippen molar-refractivity contribution >= 4 is 11.9 Å². The number of fused-ring (bicyclic) bond motifs is 1. The van der Waals surface area contributed by atoms with Crippen LogP contribution >= 0.6 is 0 Å². The lowest BCUT2D eigenvalue weighted by molar-refractivity contribution is 0.0336. The van der Waals surface area contributed by atoms with Gasteiger partial charge in [0.05, 0.1) is 24.3 Å². The highest BCUT2D eigenvalue weighted by molar-refractivity contribution is 6.15. The Balaban J connectivity index is 1.44. The second-order valence-electron chi connectivity index (χ2n) is 8.21. The number of aromatic hydroxyl groups is 1. The lowest BCUT2D eigenvalue weighted by atomic mass is 9.98. The van der Waals surface area contributed by atoms with E-state index in [1.807, 2.05) is 49.4 Å². The molecule has 2 aliphatic heterocycles. The van der Waals surface area contributed by atoms with E-state index >= 15 is 0 Å². The Morgan fingerprint density at radius 3 is 2.41 bits per heavy atom. The minimum atomic E-state index is -0.145. The Hall–Kier alpha value is -3.41. The van der Waals surface area contributed by atoms with Gasteiger partial charge in [0.2, 0.25) is 5.78 Å². The fourth-order valence-corrected chi connectivity index (χ4v) is 4.27. The van der Waals surface area contributed by atoms with Gasteiger partial charge in [-0.25, -0.2) is 0 Å². The van der Waals surface area contributed by atoms with Crippen LogP contribution in [0.5, 0.6) is 11.5 Å². The first-order chi connectivity index (χ1) is 15.6. The molecule has 0 bridgehead atoms. The molecule has 5 nitrogen and oxygen atoms in total. The maximum absolute atomic E-state index is 13.2. The van der Waals surface area contributed by atoms with Gasteiger partial charge >= 0.3 is 0 Å². The van der Waals surface area contributed by atoms with Crippen molar-refractivity contribution in [2.75, 3.05) is 26.3 Å². The molecule has 1 fully saturated rings. The molecule has 0 spiro atoms. The highest BCUT2D eigenvalue weighted by Crippen LogP contribution is 2.42. The number of carbonyl (C=O) groups is 1. The molecule has 32 heavy (non-hydrogen) atoms. The molecule has 0 atom stereocenters. The van der Waals surface area contributed by atoms with Crippen LogP contribution in [0.25, 0.3) is 17.2 Å². The normalized spacial score (nSPS) is 17.4. The third kappa shape index (κ3) is 3.93. The van der Waals surface area contributed by atoms with Crippen molar-refractivity contribution in [1.82, 2.24) is 4.90 Å². The Morgan fingerprint density at radius 2 is 1.69 bits per heavy atom. The number of hydrogen-bond donors (Lipinski definition) is 1. The van der Waals surface area contributed by atoms with E-state index in [0.29, 0.717) is 36.6 Å². The standard InChI is InChI=1S/C27H25NO4/c1-18-15-23(29)22(17-28-11-13-31-14-12-28)27-25(18)26(30)24(32-27)16-19-7-9-21(10-8-19)20-5-3-2-4-6-20/h2-10,15-16,29H,11-14,17H2,1H3/b24-16-. The van der Waals surface area contributed by atoms with Gasteiger partial charge in [-0.1, -0.05) is 54.6 Å². The van der Waals surface area contributed by atoms with E-state index in [9.17, 15) is 9.90 Å². The summed E-state index contributed by atoms with van der Waals surface area (Å²) in [6.45, 7) is 5.25. The zero-order valence-corrected chi connectivity index (χ0v) is 18.0. The molecule has 162 valence electrons. The molecule has 0 radical (unpaired) electrons. The second-order valence-corrected chi connectivity index (χ2v) is 8.21. The van der Waals surface area contributed by atoms with Crippen molar-refractivity contribution in [2.45, 2.75) is 13.5 Å². The molecule has 0 amide bonds. The Morgan fingerprint density at radius 1 is 1.00 bits per heavy atom. The summed E-state index contributed by atoms with van der Waals surface area (Å²) in [5.74, 6) is 0.775. The number of ether oxygens (including phenoxy) is 2. The lowest BCUT2D eigenvalue weighted by Gasteiger charge is -2.27. The Labute approximate surface area is 187 Å². The van der Waals surface area contributed by atoms with Gasteiger partial charge in [0, 0.05) is 19.6 Å². The SMILES string of the molecule is Cc1cc(O)c(CN2CCOCC2)c2c1C(=O)/C(=C/c1ccc(-c3ccccc3)cc1)O2. The molecule has 0 aromatic heterocycles. The Kier molecular flexibility index (Phi) is 5.52. The summed E-state index contributed by atoms with van der Waals surface area (Å²) in [6.07, 6.45) is 1.77. The second kappa shape index (κ2) is 8.61. The van der Waals surface area contributed by atoms with Crippen LogP contribution in [0.1, 0.15) is 27.0 Å². The molecule has 2 heterocycles. The number of morpholine rings is 1. The number of phenols is 1. The van der Waals surface area contributed by atoms with Crippen molar-refractivity contribution in [3.8, 4) is 22.6 Å². The van der Waals surface area contributed by atoms with Gasteiger partial charge < -0.3 is 14.6 Å². The summed E-state index contributed by atoms with van der Waals surface area (Å²) in [4.78, 5) is 15.4. The van der Waals surface area contributed by atoms with Crippen LogP contribution in [0.15, 0.2) is 66.4 Å². The van der Waals surface area contributed by atoms with E-state index in [1.54, 1.807) is 12.1 Å². The zero-order chi connectivity index (χ0) is 22.1. The van der Waals surface area contributed by atoms with Gasteiger partial charge in [-0.2, -0.15) is 0 Å². The van der Waals surface area contributed by atoms with Crippen LogP contribution < -0.4 is 4.74 Å². The molecule has 2 aliphatic rings. The highest BCUT2D eigenvalue weighted by Gasteiger charge is 2.33. The van der Waals surface area contributed by atoms with Gasteiger partial charge in [-0.15, -0.1) is 0 Å². The number of ketones is 1. The average molecular weight is 428 g/mol. The monoisotopic (exact) mass is 427 g/mol. The van der Waals surface area contributed by atoms with Crippen molar-refractivity contribution in [3.05, 3.63) is 88.7 Å². The van der Waals surface area contributed by atoms with Gasteiger partial charge in [0.1, 0.15) is 11.5 Å². The first-order valence-electron chi connectivity index (χ1n) is 10.9. The van der Waals surface area contributed by atoms with E-state index in [0.717, 1.165) is 35.3 Å². The fraction of sp³-hybridized carbons (Fsp3) is 0.222. The maximum atomic E-state index is 13.2. The third-order valence-electron chi connectivity index (χ3n) is 6.02. The number of Topliss-reactive ketones (excluding diaryl/α,β-unsaturated/α-hetero) is 1. The van der Waals surface area contributed by atoms with E-state index in [4.69, 9.17) is 9.47 Å². The molecule has 1 N–H and O–H groups in total. The number of allylic oxidation sites excluding steroid dienone is 1. The summed E-state index contributed by atoms with van der Waals surface area (Å²) < 4.78 is 11.5. The van der Waals surface area contributed by atoms with Crippen LogP contribution in [-0.4, -0.2) is 42.1 Å². The molecule has 0 unspecified atom stereocenters. The van der Waals surface area contributed by atoms with Crippen molar-refractivity contribution in [3.63, 3.8) is 0 Å². The summed E-state index contributed by atoms with van der Waals surface area (Å²) >= 11 is 0. The van der Waals surface area contributed by atoms with Gasteiger partial charge in [0.25, 0.3) is 0 Å². The van der Waals surface area contributed by atoms with Crippen LogP contribution in [-0.2, 0) is 11.3 Å². The quantitative estimate of drug-likeness (QED) is 0.605. The molecule has 5 rings (SSSR count). The van der Waals surface area contributed by atoms with Crippen LogP contribution in [0.4, 0.5) is 0 Å². The van der Waals surface area contributed by atoms with Crippen molar-refractivity contribution in [2.24, 2.45) is 0 Å². The largest absolute Gasteiger partial charge is 0.507 e. The summed E-state index contributed by atoms with van der Waals surface area (Å²) in [6, 6.07) is 19.9. The number of nitrogens with zero attached hydrogens (tertiary/aromatic N) is 1. The molecule has 3 aromatic rings. The van der Waals surface area contributed by atoms with E-state index in [1.165, 1.54) is 0 Å². The molecule has 5 heteroatoms. The minimum Gasteiger partial charge on any atom is -0.507 e. The Bertz CT molecular complexity index is 1180. The van der Waals surface area contributed by atoms with E-state index in [2.05, 4.69) is 17.0 Å². The molecule has 0 saturated carbocycles. The summed E-state index contributed by atoms with van der Waals surface area (Å²) in [5.41, 5.74) is 5.06. The zero-order valence-electron chi connectivity index (χ0n) is 18.0. The highest BCUT2D eigenvalue weighted by atomic mass is 16.5. The lowest BCUT2D eigenvalue weighted by Crippen LogP contribution is -2.35. The molecule has 3 aromatic carbocycles. The van der Waals surface area contributed by atoms with E-state index in [-0.39, 0.29) is 17.3 Å². The number of phenolic OH excluding ortho intramolecular Hbond substituents is 1. The molecule has 1 saturated heterocycles.